The molecular formula is C14H25NO3. The van der Waals surface area contributed by atoms with Crippen LogP contribution in [0.2, 0.25) is 0 Å². The van der Waals surface area contributed by atoms with Crippen LogP contribution in [0.3, 0.4) is 0 Å². The van der Waals surface area contributed by atoms with E-state index in [1.165, 1.54) is 0 Å². The van der Waals surface area contributed by atoms with E-state index in [9.17, 15) is 9.90 Å². The second-order valence-electron chi connectivity index (χ2n) is 6.10. The largest absolute Gasteiger partial charge is 0.386 e. The molecule has 0 radical (unpaired) electrons. The summed E-state index contributed by atoms with van der Waals surface area (Å²) < 4.78 is 5.72. The van der Waals surface area contributed by atoms with Gasteiger partial charge in [-0.25, -0.2) is 0 Å². The van der Waals surface area contributed by atoms with Crippen LogP contribution in [0.1, 0.15) is 40.5 Å². The van der Waals surface area contributed by atoms with Crippen molar-refractivity contribution in [3.8, 4) is 0 Å². The lowest BCUT2D eigenvalue weighted by Crippen LogP contribution is -2.65. The predicted octanol–water partition coefficient (Wildman–Crippen LogP) is 1.42. The first-order valence-electron chi connectivity index (χ1n) is 7.04. The standard InChI is InChI=1S/C14H25NO3/c1-5-6-14(17)7-15(8-14)13(16)12-9(2)10(3)18-11(12)4/h9-12,17H,5-8H2,1-4H3. The van der Waals surface area contributed by atoms with Gasteiger partial charge in [-0.05, 0) is 26.2 Å². The normalized spacial score (nSPS) is 38.6. The van der Waals surface area contributed by atoms with Crippen LogP contribution in [0.25, 0.3) is 0 Å². The molecule has 2 heterocycles. The molecule has 0 aromatic rings. The van der Waals surface area contributed by atoms with Gasteiger partial charge in [0.1, 0.15) is 0 Å². The molecule has 104 valence electrons. The minimum absolute atomic E-state index is 0.0117. The number of ether oxygens (including phenoxy) is 1. The molecule has 4 nitrogen and oxygen atoms in total. The van der Waals surface area contributed by atoms with E-state index in [2.05, 4.69) is 13.8 Å². The Kier molecular flexibility index (Phi) is 3.70. The van der Waals surface area contributed by atoms with Gasteiger partial charge in [0.25, 0.3) is 0 Å². The van der Waals surface area contributed by atoms with Gasteiger partial charge in [0, 0.05) is 0 Å². The first kappa shape index (κ1) is 13.8. The quantitative estimate of drug-likeness (QED) is 0.829. The van der Waals surface area contributed by atoms with Gasteiger partial charge in [0.05, 0.1) is 36.8 Å². The average Bonchev–Trinajstić information content (AvgIpc) is 2.49. The molecule has 1 N–H and O–H groups in total. The highest BCUT2D eigenvalue weighted by molar-refractivity contribution is 5.81. The predicted molar refractivity (Wildman–Crippen MR) is 69.1 cm³/mol. The number of carbonyl (C=O) groups excluding carboxylic acids is 1. The molecule has 0 aromatic carbocycles. The van der Waals surface area contributed by atoms with E-state index in [0.717, 1.165) is 12.8 Å². The highest BCUT2D eigenvalue weighted by Crippen LogP contribution is 2.36. The first-order valence-corrected chi connectivity index (χ1v) is 7.04. The molecule has 2 rings (SSSR count). The van der Waals surface area contributed by atoms with Crippen LogP contribution in [0.4, 0.5) is 0 Å². The summed E-state index contributed by atoms with van der Waals surface area (Å²) in [7, 11) is 0. The maximum absolute atomic E-state index is 12.4. The van der Waals surface area contributed by atoms with Gasteiger partial charge in [0.2, 0.25) is 5.91 Å². The summed E-state index contributed by atoms with van der Waals surface area (Å²) in [6.45, 7) is 9.11. The molecule has 18 heavy (non-hydrogen) atoms. The van der Waals surface area contributed by atoms with Crippen molar-refractivity contribution in [3.05, 3.63) is 0 Å². The number of carbonyl (C=O) groups is 1. The van der Waals surface area contributed by atoms with Crippen LogP contribution in [0.15, 0.2) is 0 Å². The van der Waals surface area contributed by atoms with E-state index in [1.807, 2.05) is 13.8 Å². The van der Waals surface area contributed by atoms with Crippen molar-refractivity contribution < 1.29 is 14.6 Å². The van der Waals surface area contributed by atoms with Crippen molar-refractivity contribution in [2.24, 2.45) is 11.8 Å². The smallest absolute Gasteiger partial charge is 0.228 e. The molecule has 2 aliphatic rings. The third kappa shape index (κ3) is 2.28. The van der Waals surface area contributed by atoms with Gasteiger partial charge in [0.15, 0.2) is 0 Å². The van der Waals surface area contributed by atoms with E-state index >= 15 is 0 Å². The van der Waals surface area contributed by atoms with Crippen LogP contribution < -0.4 is 0 Å². The van der Waals surface area contributed by atoms with Gasteiger partial charge in [-0.3, -0.25) is 4.79 Å². The molecule has 4 heteroatoms. The van der Waals surface area contributed by atoms with Crippen LogP contribution in [0.5, 0.6) is 0 Å². The van der Waals surface area contributed by atoms with Crippen LogP contribution in [0, 0.1) is 11.8 Å². The molecule has 4 unspecified atom stereocenters. The number of nitrogens with zero attached hydrogens (tertiary/aromatic N) is 1. The number of amides is 1. The molecule has 1 amide bonds. The fraction of sp³-hybridized carbons (Fsp3) is 0.929. The number of hydrogen-bond donors (Lipinski definition) is 1. The Morgan fingerprint density at radius 3 is 2.39 bits per heavy atom. The van der Waals surface area contributed by atoms with E-state index in [1.54, 1.807) is 4.90 Å². The van der Waals surface area contributed by atoms with Gasteiger partial charge in [-0.2, -0.15) is 0 Å². The minimum Gasteiger partial charge on any atom is -0.386 e. The van der Waals surface area contributed by atoms with Crippen LogP contribution in [-0.2, 0) is 9.53 Å². The second-order valence-corrected chi connectivity index (χ2v) is 6.10. The summed E-state index contributed by atoms with van der Waals surface area (Å²) in [6, 6.07) is 0. The lowest BCUT2D eigenvalue weighted by molar-refractivity contribution is -0.162. The van der Waals surface area contributed by atoms with E-state index < -0.39 is 5.60 Å². The zero-order valence-corrected chi connectivity index (χ0v) is 11.8. The molecule has 0 bridgehead atoms. The molecule has 2 fully saturated rings. The number of rotatable bonds is 3. The number of β-amino-alcohol motifs (C(OH)–C–C–N with tert-alkyl or cyclic N) is 1. The SMILES string of the molecule is CCCC1(O)CN(C(=O)C2C(C)OC(C)C2C)C1. The Bertz CT molecular complexity index is 325. The Hall–Kier alpha value is -0.610. The zero-order chi connectivity index (χ0) is 13.5. The second kappa shape index (κ2) is 4.82. The molecule has 4 atom stereocenters. The van der Waals surface area contributed by atoms with E-state index in [-0.39, 0.29) is 30.0 Å². The van der Waals surface area contributed by atoms with Crippen molar-refractivity contribution in [2.45, 2.75) is 58.3 Å². The first-order chi connectivity index (χ1) is 8.38. The van der Waals surface area contributed by atoms with Crippen molar-refractivity contribution in [2.75, 3.05) is 13.1 Å². The lowest BCUT2D eigenvalue weighted by atomic mass is 9.84. The fourth-order valence-corrected chi connectivity index (χ4v) is 3.35. The van der Waals surface area contributed by atoms with Crippen molar-refractivity contribution in [1.29, 1.82) is 0 Å². The Labute approximate surface area is 109 Å². The lowest BCUT2D eigenvalue weighted by Gasteiger charge is -2.48. The topological polar surface area (TPSA) is 49.8 Å². The summed E-state index contributed by atoms with van der Waals surface area (Å²) in [5.74, 6) is 0.360. The minimum atomic E-state index is -0.637. The third-order valence-electron chi connectivity index (χ3n) is 4.52. The monoisotopic (exact) mass is 255 g/mol. The van der Waals surface area contributed by atoms with Crippen LogP contribution in [-0.4, -0.2) is 46.8 Å². The Balaban J connectivity index is 1.94. The van der Waals surface area contributed by atoms with Crippen molar-refractivity contribution in [1.82, 2.24) is 4.90 Å². The Morgan fingerprint density at radius 2 is 1.94 bits per heavy atom. The third-order valence-corrected chi connectivity index (χ3v) is 4.52. The summed E-state index contributed by atoms with van der Waals surface area (Å²) in [6.07, 6.45) is 1.86. The summed E-state index contributed by atoms with van der Waals surface area (Å²) in [5, 5.41) is 10.1. The summed E-state index contributed by atoms with van der Waals surface area (Å²) in [4.78, 5) is 14.2. The molecule has 0 aliphatic carbocycles. The highest BCUT2D eigenvalue weighted by atomic mass is 16.5. The molecule has 0 saturated carbocycles. The van der Waals surface area contributed by atoms with Gasteiger partial charge < -0.3 is 14.7 Å². The molecule has 2 aliphatic heterocycles. The number of aliphatic hydroxyl groups is 1. The summed E-state index contributed by atoms with van der Waals surface area (Å²) in [5.41, 5.74) is -0.637. The average molecular weight is 255 g/mol. The summed E-state index contributed by atoms with van der Waals surface area (Å²) >= 11 is 0. The maximum Gasteiger partial charge on any atom is 0.228 e. The van der Waals surface area contributed by atoms with E-state index in [0.29, 0.717) is 13.1 Å². The fourth-order valence-electron chi connectivity index (χ4n) is 3.35. The van der Waals surface area contributed by atoms with Gasteiger partial charge in [-0.1, -0.05) is 20.3 Å². The van der Waals surface area contributed by atoms with Gasteiger partial charge in [-0.15, -0.1) is 0 Å². The molecule has 0 aromatic heterocycles. The van der Waals surface area contributed by atoms with Crippen molar-refractivity contribution in [3.63, 3.8) is 0 Å². The molecular weight excluding hydrogens is 230 g/mol. The number of hydrogen-bond acceptors (Lipinski definition) is 3. The van der Waals surface area contributed by atoms with Crippen LogP contribution >= 0.6 is 0 Å². The van der Waals surface area contributed by atoms with Crippen molar-refractivity contribution >= 4 is 5.91 Å². The van der Waals surface area contributed by atoms with E-state index in [4.69, 9.17) is 4.74 Å². The maximum atomic E-state index is 12.4. The highest BCUT2D eigenvalue weighted by Gasteiger charge is 2.49. The Morgan fingerprint density at radius 1 is 1.33 bits per heavy atom. The number of likely N-dealkylation sites (tertiary alicyclic amines) is 1. The zero-order valence-electron chi connectivity index (χ0n) is 11.8. The molecule has 2 saturated heterocycles. The van der Waals surface area contributed by atoms with Gasteiger partial charge >= 0.3 is 0 Å². The molecule has 0 spiro atoms.